The van der Waals surface area contributed by atoms with Crippen molar-refractivity contribution in [2.45, 2.75) is 17.3 Å². The number of hydrogen-bond donors (Lipinski definition) is 1. The van der Waals surface area contributed by atoms with Crippen molar-refractivity contribution in [3.8, 4) is 0 Å². The molecule has 0 unspecified atom stereocenters. The molecule has 34 rings (SSSR count). The van der Waals surface area contributed by atoms with Crippen molar-refractivity contribution in [1.29, 1.82) is 0 Å². The fourth-order valence-electron chi connectivity index (χ4n) is 26.3. The van der Waals surface area contributed by atoms with E-state index < -0.39 is 22.2 Å². The summed E-state index contributed by atoms with van der Waals surface area (Å²) in [6, 6.07) is 11.0. The first-order valence-electron chi connectivity index (χ1n) is 26.3. The van der Waals surface area contributed by atoms with Crippen LogP contribution in [0.1, 0.15) is 27.8 Å². The summed E-state index contributed by atoms with van der Waals surface area (Å²) in [7, 11) is 0. The molecule has 0 aliphatic heterocycles. The first kappa shape index (κ1) is 26.2. The van der Waals surface area contributed by atoms with Crippen molar-refractivity contribution in [3.63, 3.8) is 0 Å². The number of benzene rings is 19. The van der Waals surface area contributed by atoms with Crippen LogP contribution in [-0.4, -0.2) is 11.1 Å². The highest BCUT2D eigenvalue weighted by molar-refractivity contribution is 6.82. The molecule has 2 spiro atoms. The van der Waals surface area contributed by atoms with Crippen LogP contribution in [0, 0.1) is 5.41 Å². The molecule has 296 valence electrons. The fraction of sp³-hybridized carbons (Fsp3) is 0.0580. The third kappa shape index (κ3) is 1.34. The van der Waals surface area contributed by atoms with Crippen LogP contribution in [0.25, 0.3) is 291 Å². The lowest BCUT2D eigenvalue weighted by Gasteiger charge is -2.32. The molecule has 2 heteroatoms. The third-order valence-electron chi connectivity index (χ3n) is 26.2. The first-order valence-corrected chi connectivity index (χ1v) is 26.3. The predicted octanol–water partition coefficient (Wildman–Crippen LogP) is 17.6. The number of carbonyl (C=O) groups is 1. The van der Waals surface area contributed by atoms with Gasteiger partial charge in [0.15, 0.2) is 0 Å². The summed E-state index contributed by atoms with van der Waals surface area (Å²) in [6.07, 6.45) is 0.515. The summed E-state index contributed by atoms with van der Waals surface area (Å²) in [5, 5.41) is 96.9. The van der Waals surface area contributed by atoms with Crippen LogP contribution in [-0.2, 0) is 22.0 Å². The second-order valence-electron chi connectivity index (χ2n) is 26.1. The molecule has 0 bridgehead atoms. The van der Waals surface area contributed by atoms with E-state index in [4.69, 9.17) is 0 Å². The molecule has 1 saturated carbocycles. The van der Waals surface area contributed by atoms with E-state index >= 15 is 4.79 Å². The van der Waals surface area contributed by atoms with Crippen LogP contribution in [0.3, 0.4) is 0 Å². The van der Waals surface area contributed by atoms with Crippen LogP contribution >= 0.6 is 0 Å². The number of aliphatic carboxylic acids is 1. The van der Waals surface area contributed by atoms with Crippen molar-refractivity contribution in [1.82, 2.24) is 0 Å². The van der Waals surface area contributed by atoms with Crippen molar-refractivity contribution >= 4 is 297 Å². The predicted molar refractivity (Wildman–Crippen MR) is 294 cm³/mol. The zero-order valence-corrected chi connectivity index (χ0v) is 35.9. The average Bonchev–Trinajstić information content (AvgIpc) is 4.37. The van der Waals surface area contributed by atoms with E-state index in [1.807, 2.05) is 0 Å². The van der Waals surface area contributed by atoms with Crippen LogP contribution < -0.4 is 0 Å². The van der Waals surface area contributed by atoms with Crippen molar-refractivity contribution in [2.24, 2.45) is 5.41 Å². The normalized spacial score (nSPS) is 24.1. The van der Waals surface area contributed by atoms with Gasteiger partial charge in [0.1, 0.15) is 5.41 Å². The summed E-state index contributed by atoms with van der Waals surface area (Å²) in [6.45, 7) is 0. The lowest BCUT2D eigenvalue weighted by molar-refractivity contribution is -0.144. The monoisotopic (exact) mass is 868 g/mol. The van der Waals surface area contributed by atoms with Crippen LogP contribution in [0.15, 0.2) is 30.3 Å². The van der Waals surface area contributed by atoms with Gasteiger partial charge in [0.25, 0.3) is 0 Å². The first-order chi connectivity index (χ1) is 35.3. The van der Waals surface area contributed by atoms with Crippen molar-refractivity contribution in [3.05, 3.63) is 58.1 Å². The third-order valence-corrected chi connectivity index (χ3v) is 26.2. The molecule has 0 radical (unpaired) electrons. The van der Waals surface area contributed by atoms with Gasteiger partial charge >= 0.3 is 5.97 Å². The molecule has 29 aromatic carbocycles. The number of carboxylic acids is 1. The zero-order chi connectivity index (χ0) is 42.4. The van der Waals surface area contributed by atoms with E-state index in [0.29, 0.717) is 6.42 Å². The minimum Gasteiger partial charge on any atom is -0.481 e. The molecule has 0 atom stereocenters. The molecule has 2 nitrogen and oxygen atoms in total. The minimum absolute atomic E-state index is 0.515. The van der Waals surface area contributed by atoms with E-state index in [1.54, 1.807) is 205 Å². The van der Waals surface area contributed by atoms with Gasteiger partial charge in [0.2, 0.25) is 0 Å². The molecule has 0 saturated heterocycles. The molecule has 5 aliphatic carbocycles. The number of rotatable bonds is 3. The van der Waals surface area contributed by atoms with Gasteiger partial charge in [0, 0.05) is 0 Å². The quantitative estimate of drug-likeness (QED) is 0.180. The molecule has 1 N–H and O–H groups in total. The lowest BCUT2D eigenvalue weighted by atomic mass is 9.68. The molecule has 29 aromatic rings. The summed E-state index contributed by atoms with van der Waals surface area (Å²) >= 11 is 0. The van der Waals surface area contributed by atoms with E-state index in [0.717, 1.165) is 5.56 Å². The summed E-state index contributed by atoms with van der Waals surface area (Å²) in [4.78, 5) is 16.2. The highest BCUT2D eigenvalue weighted by atomic mass is 16.4. The summed E-state index contributed by atoms with van der Waals surface area (Å²) in [5.74, 6) is -0.587. The van der Waals surface area contributed by atoms with Gasteiger partial charge < -0.3 is 5.11 Å². The topological polar surface area (TPSA) is 37.3 Å². The number of carboxylic acid groups (broad SMARTS) is 1. The molecular weight excluding hydrogens is 861 g/mol. The Balaban J connectivity index is 1.17. The molecular formula is C69H8O2. The maximum atomic E-state index is 16.2. The van der Waals surface area contributed by atoms with Gasteiger partial charge in [-0.15, -0.1) is 0 Å². The fourth-order valence-corrected chi connectivity index (χ4v) is 26.3. The van der Waals surface area contributed by atoms with Crippen LogP contribution in [0.5, 0.6) is 0 Å². The van der Waals surface area contributed by atoms with Crippen LogP contribution in [0.4, 0.5) is 0 Å². The molecule has 0 heterocycles. The van der Waals surface area contributed by atoms with Crippen LogP contribution in [0.2, 0.25) is 0 Å². The highest BCUT2D eigenvalue weighted by Gasteiger charge is 2.97. The van der Waals surface area contributed by atoms with E-state index in [2.05, 4.69) is 30.3 Å². The largest absolute Gasteiger partial charge is 0.481 e. The summed E-state index contributed by atoms with van der Waals surface area (Å²) in [5.41, 5.74) is 4.31. The molecule has 5 aliphatic rings. The van der Waals surface area contributed by atoms with Crippen molar-refractivity contribution < 1.29 is 9.90 Å². The SMILES string of the molecule is O=C(O)C1(Cc2ccccc2)C23c4c5c6c7c8c9c(c%10c%11c2c2c4c4c%12c5c5c6c6c8c8c%13c9c9c%10c%10c%11c%11c2c2c4c4c%12c%12c5c5c6c8c6c8c%13c9c9c%10c%10c%11c2c2c4c4c%12c5c6c5c8c9c%10c2c45)C713. The number of hydrogen-bond acceptors (Lipinski definition) is 1. The second-order valence-corrected chi connectivity index (χ2v) is 26.1. The Labute approximate surface area is 385 Å². The molecule has 71 heavy (non-hydrogen) atoms. The highest BCUT2D eigenvalue weighted by Crippen LogP contribution is 2.96. The lowest BCUT2D eigenvalue weighted by Crippen LogP contribution is -2.29. The van der Waals surface area contributed by atoms with Gasteiger partial charge in [-0.1, -0.05) is 30.3 Å². The summed E-state index contributed by atoms with van der Waals surface area (Å²) < 4.78 is 0. The van der Waals surface area contributed by atoms with E-state index in [9.17, 15) is 5.11 Å². The Morgan fingerprint density at radius 3 is 0.563 bits per heavy atom. The molecule has 1 fully saturated rings. The Bertz CT molecular complexity index is 6900. The smallest absolute Gasteiger partial charge is 0.312 e. The Morgan fingerprint density at radius 1 is 0.254 bits per heavy atom. The Morgan fingerprint density at radius 2 is 0.408 bits per heavy atom. The second kappa shape index (κ2) is 5.81. The average molecular weight is 869 g/mol. The van der Waals surface area contributed by atoms with Gasteiger partial charge in [-0.2, -0.15) is 0 Å². The maximum absolute atomic E-state index is 16.2. The van der Waals surface area contributed by atoms with Gasteiger partial charge in [-0.05, 0) is 325 Å². The van der Waals surface area contributed by atoms with Gasteiger partial charge in [-0.3, -0.25) is 4.79 Å². The standard InChI is InChI=1S/C69H8O2/c70-66(71)67(6-7-4-2-1-3-5-7)68-62-54-46-36-26-18-10-8-9-12-16-14(10)22-30-24(16)34-28-20(12)21-13(9)17-15-11(8)19(18)27-33-23(15)31-25(17)35-29(21)39-38(28)48-42(34)52-44(30)50(40(46)32(22)26)58(62)60(52)64-56(48)57-49(39)43(35)53-45(31)51-41(33)47(37(27)36)55(54)63(68)59(51)61(53)65(57)69(64,67)68/h1-5H,6H2,(H,70,71). The maximum Gasteiger partial charge on any atom is 0.312 e. The van der Waals surface area contributed by atoms with Gasteiger partial charge in [-0.25, -0.2) is 0 Å². The Hall–Kier alpha value is -8.85. The van der Waals surface area contributed by atoms with E-state index in [1.165, 1.54) is 108 Å². The van der Waals surface area contributed by atoms with E-state index in [-0.39, 0.29) is 0 Å². The molecule has 0 aromatic heterocycles. The minimum atomic E-state index is -1.13. The van der Waals surface area contributed by atoms with Crippen molar-refractivity contribution in [2.75, 3.05) is 0 Å². The van der Waals surface area contributed by atoms with Gasteiger partial charge in [0.05, 0.1) is 10.8 Å². The molecule has 0 amide bonds. The zero-order valence-electron chi connectivity index (χ0n) is 35.9. The Kier molecular flexibility index (Phi) is 2.15.